The molecule has 0 aliphatic carbocycles. The van der Waals surface area contributed by atoms with Crippen LogP contribution >= 0.6 is 15.9 Å². The van der Waals surface area contributed by atoms with E-state index in [9.17, 15) is 4.79 Å². The third-order valence-corrected chi connectivity index (χ3v) is 3.13. The molecule has 0 fully saturated rings. The van der Waals surface area contributed by atoms with Crippen molar-refractivity contribution in [1.82, 2.24) is 15.0 Å². The Bertz CT molecular complexity index is 793. The highest BCUT2D eigenvalue weighted by atomic mass is 79.9. The lowest BCUT2D eigenvalue weighted by Crippen LogP contribution is -2.71. The highest BCUT2D eigenvalue weighted by molar-refractivity contribution is 9.10. The molecule has 0 aliphatic heterocycles. The fraction of sp³-hybridized carbons (Fsp3) is 0. The lowest BCUT2D eigenvalue weighted by molar-refractivity contribution is -0.334. The first-order valence-electron chi connectivity index (χ1n) is 5.19. The SMILES string of the molecule is C=[NH+]C(=O)c1cc2c(cn1)[nH]c1ncc(Br)cc12. The van der Waals surface area contributed by atoms with Crippen molar-refractivity contribution < 1.29 is 9.79 Å². The number of halogens is 1. The van der Waals surface area contributed by atoms with Crippen LogP contribution in [0.4, 0.5) is 0 Å². The molecule has 0 bridgehead atoms. The third-order valence-electron chi connectivity index (χ3n) is 2.69. The van der Waals surface area contributed by atoms with Gasteiger partial charge in [0.15, 0.2) is 5.69 Å². The molecule has 0 saturated carbocycles. The van der Waals surface area contributed by atoms with Gasteiger partial charge in [-0.1, -0.05) is 0 Å². The zero-order valence-electron chi connectivity index (χ0n) is 9.20. The molecule has 1 amide bonds. The van der Waals surface area contributed by atoms with Crippen molar-refractivity contribution in [3.05, 3.63) is 34.7 Å². The van der Waals surface area contributed by atoms with Crippen LogP contribution in [0.15, 0.2) is 29.0 Å². The van der Waals surface area contributed by atoms with Crippen molar-refractivity contribution in [2.45, 2.75) is 0 Å². The van der Waals surface area contributed by atoms with E-state index in [0.717, 1.165) is 26.4 Å². The second-order valence-corrected chi connectivity index (χ2v) is 4.71. The number of nitrogens with zero attached hydrogens (tertiary/aromatic N) is 2. The molecule has 0 radical (unpaired) electrons. The average Bonchev–Trinajstić information content (AvgIpc) is 2.75. The summed E-state index contributed by atoms with van der Waals surface area (Å²) >= 11 is 3.38. The largest absolute Gasteiger partial charge is 0.435 e. The number of nitrogens with one attached hydrogen (secondary N) is 2. The number of fused-ring (bicyclic) bond motifs is 3. The van der Waals surface area contributed by atoms with Gasteiger partial charge in [0.2, 0.25) is 0 Å². The minimum Gasteiger partial charge on any atom is -0.338 e. The number of amides is 1. The molecule has 3 rings (SSSR count). The van der Waals surface area contributed by atoms with Gasteiger partial charge in [-0.2, -0.15) is 4.99 Å². The van der Waals surface area contributed by atoms with E-state index in [4.69, 9.17) is 0 Å². The summed E-state index contributed by atoms with van der Waals surface area (Å²) in [6.45, 7) is 3.34. The summed E-state index contributed by atoms with van der Waals surface area (Å²) in [7, 11) is 0. The van der Waals surface area contributed by atoms with Gasteiger partial charge in [-0.3, -0.25) is 0 Å². The van der Waals surface area contributed by atoms with E-state index in [1.165, 1.54) is 0 Å². The highest BCUT2D eigenvalue weighted by Crippen LogP contribution is 2.26. The van der Waals surface area contributed by atoms with Crippen molar-refractivity contribution in [3.63, 3.8) is 0 Å². The van der Waals surface area contributed by atoms with Crippen LogP contribution in [0.1, 0.15) is 10.5 Å². The van der Waals surface area contributed by atoms with Crippen LogP contribution < -0.4 is 4.99 Å². The summed E-state index contributed by atoms with van der Waals surface area (Å²) in [5.74, 6) is -0.311. The maximum atomic E-state index is 11.5. The monoisotopic (exact) mass is 303 g/mol. The van der Waals surface area contributed by atoms with Crippen LogP contribution in [0.5, 0.6) is 0 Å². The van der Waals surface area contributed by atoms with Crippen molar-refractivity contribution in [1.29, 1.82) is 0 Å². The normalized spacial score (nSPS) is 10.9. The summed E-state index contributed by atoms with van der Waals surface area (Å²) < 4.78 is 0.885. The quantitative estimate of drug-likeness (QED) is 0.653. The number of carbonyl (C=O) groups excluding carboxylic acids is 1. The van der Waals surface area contributed by atoms with Gasteiger partial charge in [-0.05, 0) is 28.1 Å². The van der Waals surface area contributed by atoms with E-state index < -0.39 is 0 Å². The Balaban J connectivity index is 2.37. The lowest BCUT2D eigenvalue weighted by atomic mass is 10.2. The van der Waals surface area contributed by atoms with Gasteiger partial charge in [0.05, 0.1) is 11.7 Å². The molecule has 3 heterocycles. The molecule has 88 valence electrons. The summed E-state index contributed by atoms with van der Waals surface area (Å²) in [5, 5.41) is 1.85. The second-order valence-electron chi connectivity index (χ2n) is 3.80. The predicted octanol–water partition coefficient (Wildman–Crippen LogP) is 0.795. The van der Waals surface area contributed by atoms with Gasteiger partial charge < -0.3 is 4.98 Å². The van der Waals surface area contributed by atoms with Crippen LogP contribution in [0.25, 0.3) is 21.9 Å². The van der Waals surface area contributed by atoms with Crippen LogP contribution in [0, 0.1) is 0 Å². The molecule has 0 unspecified atom stereocenters. The molecule has 0 spiro atoms. The van der Waals surface area contributed by atoms with Crippen LogP contribution in [0.3, 0.4) is 0 Å². The van der Waals surface area contributed by atoms with Gasteiger partial charge in [-0.25, -0.2) is 14.8 Å². The maximum absolute atomic E-state index is 11.5. The molecule has 0 saturated heterocycles. The van der Waals surface area contributed by atoms with Crippen LogP contribution in [0.2, 0.25) is 0 Å². The molecule has 0 aromatic carbocycles. The van der Waals surface area contributed by atoms with E-state index >= 15 is 0 Å². The first kappa shape index (κ1) is 11.0. The van der Waals surface area contributed by atoms with Crippen molar-refractivity contribution in [3.8, 4) is 0 Å². The van der Waals surface area contributed by atoms with Gasteiger partial charge in [-0.15, -0.1) is 0 Å². The molecule has 6 heteroatoms. The molecule has 0 aliphatic rings. The molecule has 5 nitrogen and oxygen atoms in total. The van der Waals surface area contributed by atoms with E-state index in [0.29, 0.717) is 5.69 Å². The molecular weight excluding hydrogens is 296 g/mol. The third kappa shape index (κ3) is 1.62. The Hall–Kier alpha value is -2.08. The average molecular weight is 304 g/mol. The van der Waals surface area contributed by atoms with Gasteiger partial charge >= 0.3 is 5.91 Å². The number of aromatic amines is 1. The zero-order chi connectivity index (χ0) is 12.7. The van der Waals surface area contributed by atoms with Gasteiger partial charge in [0.25, 0.3) is 0 Å². The molecule has 3 aromatic heterocycles. The minimum atomic E-state index is -0.311. The number of hydrogen-bond acceptors (Lipinski definition) is 3. The predicted molar refractivity (Wildman–Crippen MR) is 71.5 cm³/mol. The number of aromatic nitrogens is 3. The zero-order valence-corrected chi connectivity index (χ0v) is 10.8. The number of carbonyl (C=O) groups is 1. The maximum Gasteiger partial charge on any atom is 0.435 e. The van der Waals surface area contributed by atoms with E-state index in [2.05, 4.69) is 42.6 Å². The van der Waals surface area contributed by atoms with E-state index in [1.54, 1.807) is 18.5 Å². The fourth-order valence-corrected chi connectivity index (χ4v) is 2.20. The number of rotatable bonds is 1. The van der Waals surface area contributed by atoms with Crippen molar-refractivity contribution in [2.24, 2.45) is 0 Å². The van der Waals surface area contributed by atoms with Gasteiger partial charge in [0.1, 0.15) is 12.4 Å². The molecule has 0 atom stereocenters. The number of pyridine rings is 2. The molecule has 2 N–H and O–H groups in total. The van der Waals surface area contributed by atoms with Crippen LogP contribution in [-0.4, -0.2) is 27.6 Å². The van der Waals surface area contributed by atoms with Crippen LogP contribution in [-0.2, 0) is 0 Å². The fourth-order valence-electron chi connectivity index (χ4n) is 1.86. The van der Waals surface area contributed by atoms with Crippen molar-refractivity contribution in [2.75, 3.05) is 0 Å². The Morgan fingerprint density at radius 3 is 2.89 bits per heavy atom. The Labute approximate surface area is 110 Å². The second kappa shape index (κ2) is 3.99. The first-order chi connectivity index (χ1) is 8.69. The first-order valence-corrected chi connectivity index (χ1v) is 5.99. The van der Waals surface area contributed by atoms with Gasteiger partial charge in [0, 0.05) is 21.4 Å². The summed E-state index contributed by atoms with van der Waals surface area (Å²) in [6, 6.07) is 3.68. The Morgan fingerprint density at radius 1 is 1.28 bits per heavy atom. The number of H-pyrrole nitrogens is 1. The summed E-state index contributed by atoms with van der Waals surface area (Å²) in [6.07, 6.45) is 3.34. The smallest absolute Gasteiger partial charge is 0.338 e. The number of hydrogen-bond donors (Lipinski definition) is 2. The molecule has 3 aromatic rings. The summed E-state index contributed by atoms with van der Waals surface area (Å²) in [5.41, 5.74) is 1.94. The molecular formula is C12H8BrN4O+. The van der Waals surface area contributed by atoms with E-state index in [1.807, 2.05) is 6.07 Å². The molecule has 18 heavy (non-hydrogen) atoms. The highest BCUT2D eigenvalue weighted by Gasteiger charge is 2.14. The minimum absolute atomic E-state index is 0.311. The van der Waals surface area contributed by atoms with Crippen molar-refractivity contribution >= 4 is 50.5 Å². The Kier molecular flexibility index (Phi) is 2.45. The summed E-state index contributed by atoms with van der Waals surface area (Å²) in [4.78, 5) is 25.3. The standard InChI is InChI=1S/C12H7BrN4O/c1-14-12(18)9-3-7-8-2-6(13)4-16-11(8)17-10(7)5-15-9/h2-5H,1H2,(H,16,17)/p+1. The van der Waals surface area contributed by atoms with E-state index in [-0.39, 0.29) is 5.91 Å². The lowest BCUT2D eigenvalue weighted by Gasteiger charge is -1.93. The Morgan fingerprint density at radius 2 is 2.11 bits per heavy atom. The topological polar surface area (TPSA) is 72.6 Å².